The summed E-state index contributed by atoms with van der Waals surface area (Å²) in [7, 11) is 0. The van der Waals surface area contributed by atoms with Crippen LogP contribution in [0, 0.1) is 17.2 Å². The van der Waals surface area contributed by atoms with E-state index in [2.05, 4.69) is 16.0 Å². The van der Waals surface area contributed by atoms with Gasteiger partial charge < -0.3 is 4.98 Å². The Bertz CT molecular complexity index is 491. The van der Waals surface area contributed by atoms with Crippen molar-refractivity contribution in [2.45, 2.75) is 19.8 Å². The van der Waals surface area contributed by atoms with Crippen LogP contribution in [-0.2, 0) is 0 Å². The van der Waals surface area contributed by atoms with E-state index in [0.717, 1.165) is 16.3 Å². The number of nitrogens with one attached hydrogen (secondary N) is 1. The molecule has 2 aromatic heterocycles. The summed E-state index contributed by atoms with van der Waals surface area (Å²) in [6, 6.07) is 4.30. The number of rotatable bonds is 3. The minimum atomic E-state index is -0.107. The van der Waals surface area contributed by atoms with Gasteiger partial charge in [0.1, 0.15) is 5.01 Å². The van der Waals surface area contributed by atoms with E-state index in [4.69, 9.17) is 5.26 Å². The maximum absolute atomic E-state index is 9.10. The van der Waals surface area contributed by atoms with Crippen molar-refractivity contribution < 1.29 is 0 Å². The number of aromatic amines is 1. The van der Waals surface area contributed by atoms with Crippen molar-refractivity contribution in [1.82, 2.24) is 9.97 Å². The Morgan fingerprint density at radius 1 is 1.50 bits per heavy atom. The van der Waals surface area contributed by atoms with Crippen LogP contribution in [0.15, 0.2) is 23.8 Å². The van der Waals surface area contributed by atoms with E-state index in [1.54, 1.807) is 11.3 Å². The highest BCUT2D eigenvalue weighted by atomic mass is 32.1. The quantitative estimate of drug-likeness (QED) is 0.880. The second-order valence-electron chi connectivity index (χ2n) is 4.03. The molecule has 4 heteroatoms. The van der Waals surface area contributed by atoms with Crippen molar-refractivity contribution in [3.63, 3.8) is 0 Å². The van der Waals surface area contributed by atoms with Gasteiger partial charge in [0.2, 0.25) is 0 Å². The summed E-state index contributed by atoms with van der Waals surface area (Å²) in [4.78, 5) is 7.53. The molecular weight excluding hydrogens is 218 g/mol. The molecule has 0 bridgehead atoms. The normalized spacial score (nSPS) is 12.6. The van der Waals surface area contributed by atoms with Crippen LogP contribution >= 0.6 is 11.3 Å². The summed E-state index contributed by atoms with van der Waals surface area (Å²) < 4.78 is 0. The van der Waals surface area contributed by atoms with Gasteiger partial charge in [-0.15, -0.1) is 11.3 Å². The van der Waals surface area contributed by atoms with Crippen LogP contribution in [0.3, 0.4) is 0 Å². The van der Waals surface area contributed by atoms with Crippen LogP contribution < -0.4 is 0 Å². The van der Waals surface area contributed by atoms with Gasteiger partial charge in [0.05, 0.1) is 17.7 Å². The molecule has 0 aliphatic rings. The Labute approximate surface area is 98.8 Å². The predicted molar refractivity (Wildman–Crippen MR) is 65.1 cm³/mol. The molecule has 0 aliphatic heterocycles. The molecule has 0 fully saturated rings. The summed E-state index contributed by atoms with van der Waals surface area (Å²) in [6.45, 7) is 4.09. The van der Waals surface area contributed by atoms with Crippen LogP contribution in [-0.4, -0.2) is 9.97 Å². The summed E-state index contributed by atoms with van der Waals surface area (Å²) >= 11 is 1.59. The standard InChI is InChI=1S/C12H13N3S/c1-8(2)10(5-13)11-7-16-12(15-11)9-3-4-14-6-9/h3-4,6-8,10,14H,1-2H3. The van der Waals surface area contributed by atoms with E-state index in [1.165, 1.54) is 0 Å². The third kappa shape index (κ3) is 2.00. The Morgan fingerprint density at radius 3 is 2.88 bits per heavy atom. The number of thiazole rings is 1. The molecule has 0 spiro atoms. The van der Waals surface area contributed by atoms with Gasteiger partial charge in [-0.3, -0.25) is 0 Å². The lowest BCUT2D eigenvalue weighted by Crippen LogP contribution is -2.04. The molecule has 1 N–H and O–H groups in total. The predicted octanol–water partition coefficient (Wildman–Crippen LogP) is 3.40. The first-order valence-electron chi connectivity index (χ1n) is 5.20. The summed E-state index contributed by atoms with van der Waals surface area (Å²) in [5.41, 5.74) is 1.97. The highest BCUT2D eigenvalue weighted by Crippen LogP contribution is 2.29. The lowest BCUT2D eigenvalue weighted by atomic mass is 9.95. The molecule has 0 amide bonds. The Morgan fingerprint density at radius 2 is 2.31 bits per heavy atom. The van der Waals surface area contributed by atoms with E-state index in [9.17, 15) is 0 Å². The van der Waals surface area contributed by atoms with E-state index in [0.29, 0.717) is 5.92 Å². The van der Waals surface area contributed by atoms with Crippen molar-refractivity contribution in [3.05, 3.63) is 29.5 Å². The van der Waals surface area contributed by atoms with Gasteiger partial charge in [-0.2, -0.15) is 5.26 Å². The zero-order valence-electron chi connectivity index (χ0n) is 9.27. The number of nitrogens with zero attached hydrogens (tertiary/aromatic N) is 2. The van der Waals surface area contributed by atoms with E-state index < -0.39 is 0 Å². The maximum atomic E-state index is 9.10. The number of hydrogen-bond donors (Lipinski definition) is 1. The van der Waals surface area contributed by atoms with Gasteiger partial charge in [0, 0.05) is 23.3 Å². The average Bonchev–Trinajstić information content (AvgIpc) is 2.86. The molecule has 1 unspecified atom stereocenters. The number of hydrogen-bond acceptors (Lipinski definition) is 3. The Kier molecular flexibility index (Phi) is 3.07. The largest absolute Gasteiger partial charge is 0.367 e. The number of H-pyrrole nitrogens is 1. The first-order valence-corrected chi connectivity index (χ1v) is 6.08. The van der Waals surface area contributed by atoms with Gasteiger partial charge >= 0.3 is 0 Å². The molecule has 2 aromatic rings. The molecule has 2 rings (SSSR count). The molecule has 82 valence electrons. The van der Waals surface area contributed by atoms with Gasteiger partial charge in [0.25, 0.3) is 0 Å². The first-order chi connectivity index (χ1) is 7.72. The van der Waals surface area contributed by atoms with Crippen LogP contribution in [0.4, 0.5) is 0 Å². The minimum absolute atomic E-state index is 0.107. The third-order valence-electron chi connectivity index (χ3n) is 2.49. The fraction of sp³-hybridized carbons (Fsp3) is 0.333. The number of nitriles is 1. The summed E-state index contributed by atoms with van der Waals surface area (Å²) in [5, 5.41) is 12.1. The van der Waals surface area contributed by atoms with Crippen molar-refractivity contribution in [2.75, 3.05) is 0 Å². The smallest absolute Gasteiger partial charge is 0.125 e. The van der Waals surface area contributed by atoms with Crippen LogP contribution in [0.25, 0.3) is 10.6 Å². The lowest BCUT2D eigenvalue weighted by Gasteiger charge is -2.08. The SMILES string of the molecule is CC(C)C(C#N)c1csc(-c2cc[nH]c2)n1. The summed E-state index contributed by atoms with van der Waals surface area (Å²) in [6.07, 6.45) is 3.79. The van der Waals surface area contributed by atoms with Gasteiger partial charge in [-0.1, -0.05) is 13.8 Å². The van der Waals surface area contributed by atoms with Crippen molar-refractivity contribution in [3.8, 4) is 16.6 Å². The molecular formula is C12H13N3S. The molecule has 3 nitrogen and oxygen atoms in total. The van der Waals surface area contributed by atoms with E-state index in [-0.39, 0.29) is 5.92 Å². The highest BCUT2D eigenvalue weighted by Gasteiger charge is 2.18. The molecule has 0 radical (unpaired) electrons. The second kappa shape index (κ2) is 4.50. The highest BCUT2D eigenvalue weighted by molar-refractivity contribution is 7.13. The van der Waals surface area contributed by atoms with Crippen molar-refractivity contribution in [2.24, 2.45) is 5.92 Å². The molecule has 0 aliphatic carbocycles. The zero-order chi connectivity index (χ0) is 11.5. The van der Waals surface area contributed by atoms with Crippen LogP contribution in [0.1, 0.15) is 25.5 Å². The second-order valence-corrected chi connectivity index (χ2v) is 4.89. The van der Waals surface area contributed by atoms with Gasteiger partial charge in [0.15, 0.2) is 0 Å². The van der Waals surface area contributed by atoms with Crippen molar-refractivity contribution >= 4 is 11.3 Å². The van der Waals surface area contributed by atoms with Crippen LogP contribution in [0.5, 0.6) is 0 Å². The van der Waals surface area contributed by atoms with Gasteiger partial charge in [-0.25, -0.2) is 4.98 Å². The molecule has 2 heterocycles. The average molecular weight is 231 g/mol. The minimum Gasteiger partial charge on any atom is -0.367 e. The summed E-state index contributed by atoms with van der Waals surface area (Å²) in [5.74, 6) is 0.190. The number of aromatic nitrogens is 2. The maximum Gasteiger partial charge on any atom is 0.125 e. The topological polar surface area (TPSA) is 52.5 Å². The monoisotopic (exact) mass is 231 g/mol. The third-order valence-corrected chi connectivity index (χ3v) is 3.40. The fourth-order valence-electron chi connectivity index (χ4n) is 1.58. The van der Waals surface area contributed by atoms with Gasteiger partial charge in [-0.05, 0) is 12.0 Å². The molecule has 1 atom stereocenters. The van der Waals surface area contributed by atoms with Crippen LogP contribution in [0.2, 0.25) is 0 Å². The van der Waals surface area contributed by atoms with E-state index in [1.807, 2.05) is 37.7 Å². The molecule has 16 heavy (non-hydrogen) atoms. The Hall–Kier alpha value is -1.60. The molecule has 0 saturated carbocycles. The zero-order valence-corrected chi connectivity index (χ0v) is 10.1. The first kappa shape index (κ1) is 10.9. The molecule has 0 aromatic carbocycles. The Balaban J connectivity index is 2.30. The van der Waals surface area contributed by atoms with E-state index >= 15 is 0 Å². The fourth-order valence-corrected chi connectivity index (χ4v) is 2.43. The lowest BCUT2D eigenvalue weighted by molar-refractivity contribution is 0.578. The van der Waals surface area contributed by atoms with Crippen molar-refractivity contribution in [1.29, 1.82) is 5.26 Å². The molecule has 0 saturated heterocycles.